The molecule has 1 aliphatic heterocycles. The molecule has 1 aliphatic rings. The molecule has 1 aromatic carbocycles. The minimum absolute atomic E-state index is 0. The van der Waals surface area contributed by atoms with E-state index in [1.165, 1.54) is 12.1 Å². The lowest BCUT2D eigenvalue weighted by Crippen LogP contribution is -2.50. The maximum atomic E-state index is 13.0. The number of rotatable bonds is 1. The van der Waals surface area contributed by atoms with Gasteiger partial charge in [-0.2, -0.15) is 0 Å². The second-order valence-corrected chi connectivity index (χ2v) is 3.87. The van der Waals surface area contributed by atoms with Gasteiger partial charge in [-0.1, -0.05) is 0 Å². The van der Waals surface area contributed by atoms with Gasteiger partial charge in [0.25, 0.3) is 0 Å². The van der Waals surface area contributed by atoms with Gasteiger partial charge in [0, 0.05) is 37.4 Å². The second kappa shape index (κ2) is 5.46. The van der Waals surface area contributed by atoms with Crippen molar-refractivity contribution in [2.45, 2.75) is 13.0 Å². The molecule has 1 atom stereocenters. The molecular formula is C11H15ClF2N2. The average Bonchev–Trinajstić information content (AvgIpc) is 2.16. The molecule has 2 rings (SSSR count). The van der Waals surface area contributed by atoms with Crippen molar-refractivity contribution in [3.8, 4) is 0 Å². The fourth-order valence-corrected chi connectivity index (χ4v) is 1.93. The Morgan fingerprint density at radius 3 is 2.44 bits per heavy atom. The van der Waals surface area contributed by atoms with Gasteiger partial charge in [0.2, 0.25) is 0 Å². The van der Waals surface area contributed by atoms with Crippen LogP contribution in [0.15, 0.2) is 18.2 Å². The van der Waals surface area contributed by atoms with E-state index in [0.717, 1.165) is 25.7 Å². The van der Waals surface area contributed by atoms with Gasteiger partial charge >= 0.3 is 0 Å². The first-order chi connectivity index (χ1) is 7.16. The van der Waals surface area contributed by atoms with Crippen molar-refractivity contribution < 1.29 is 8.78 Å². The largest absolute Gasteiger partial charge is 0.366 e. The molecule has 1 aromatic rings. The van der Waals surface area contributed by atoms with E-state index in [1.54, 1.807) is 0 Å². The van der Waals surface area contributed by atoms with Crippen LogP contribution in [0.3, 0.4) is 0 Å². The zero-order valence-corrected chi connectivity index (χ0v) is 9.86. The minimum Gasteiger partial charge on any atom is -0.366 e. The van der Waals surface area contributed by atoms with Crippen LogP contribution in [0.2, 0.25) is 0 Å². The van der Waals surface area contributed by atoms with Crippen LogP contribution in [-0.4, -0.2) is 25.7 Å². The Labute approximate surface area is 100 Å². The molecule has 0 saturated carbocycles. The fraction of sp³-hybridized carbons (Fsp3) is 0.455. The van der Waals surface area contributed by atoms with Crippen LogP contribution in [0.1, 0.15) is 6.92 Å². The molecule has 90 valence electrons. The zero-order chi connectivity index (χ0) is 10.8. The highest BCUT2D eigenvalue weighted by molar-refractivity contribution is 5.85. The van der Waals surface area contributed by atoms with Crippen LogP contribution in [-0.2, 0) is 0 Å². The predicted octanol–water partition coefficient (Wildman–Crippen LogP) is 2.18. The topological polar surface area (TPSA) is 15.3 Å². The third kappa shape index (κ3) is 2.83. The number of nitrogens with one attached hydrogen (secondary N) is 1. The summed E-state index contributed by atoms with van der Waals surface area (Å²) in [5.41, 5.74) is 0.626. The third-order valence-electron chi connectivity index (χ3n) is 2.68. The summed E-state index contributed by atoms with van der Waals surface area (Å²) < 4.78 is 26.1. The van der Waals surface area contributed by atoms with Crippen molar-refractivity contribution in [2.75, 3.05) is 24.5 Å². The average molecular weight is 249 g/mol. The van der Waals surface area contributed by atoms with Gasteiger partial charge in [-0.15, -0.1) is 12.4 Å². The van der Waals surface area contributed by atoms with Gasteiger partial charge < -0.3 is 10.2 Å². The number of hydrogen-bond donors (Lipinski definition) is 1. The molecule has 0 aliphatic carbocycles. The number of hydrogen-bond acceptors (Lipinski definition) is 2. The van der Waals surface area contributed by atoms with Gasteiger partial charge in [-0.25, -0.2) is 8.78 Å². The summed E-state index contributed by atoms with van der Waals surface area (Å²) in [6.07, 6.45) is 0. The van der Waals surface area contributed by atoms with Crippen LogP contribution < -0.4 is 10.2 Å². The van der Waals surface area contributed by atoms with Crippen molar-refractivity contribution in [3.05, 3.63) is 29.8 Å². The van der Waals surface area contributed by atoms with Crippen molar-refractivity contribution in [3.63, 3.8) is 0 Å². The molecule has 1 saturated heterocycles. The first kappa shape index (κ1) is 13.2. The smallest absolute Gasteiger partial charge is 0.128 e. The van der Waals surface area contributed by atoms with E-state index >= 15 is 0 Å². The van der Waals surface area contributed by atoms with Gasteiger partial charge in [0.05, 0.1) is 0 Å². The lowest BCUT2D eigenvalue weighted by atomic mass is 10.1. The highest BCUT2D eigenvalue weighted by Gasteiger charge is 2.19. The highest BCUT2D eigenvalue weighted by Crippen LogP contribution is 2.20. The molecule has 0 spiro atoms. The lowest BCUT2D eigenvalue weighted by molar-refractivity contribution is 0.497. The van der Waals surface area contributed by atoms with E-state index in [2.05, 4.69) is 5.32 Å². The van der Waals surface area contributed by atoms with Crippen molar-refractivity contribution >= 4 is 18.1 Å². The number of benzene rings is 1. The quantitative estimate of drug-likeness (QED) is 0.820. The summed E-state index contributed by atoms with van der Waals surface area (Å²) in [4.78, 5) is 2.02. The molecule has 1 N–H and O–H groups in total. The Kier molecular flexibility index (Phi) is 4.50. The molecule has 0 unspecified atom stereocenters. The fourth-order valence-electron chi connectivity index (χ4n) is 1.93. The molecular weight excluding hydrogens is 234 g/mol. The maximum Gasteiger partial charge on any atom is 0.128 e. The van der Waals surface area contributed by atoms with Crippen LogP contribution in [0, 0.1) is 11.6 Å². The van der Waals surface area contributed by atoms with Gasteiger partial charge in [-0.05, 0) is 19.1 Å². The van der Waals surface area contributed by atoms with E-state index in [9.17, 15) is 8.78 Å². The predicted molar refractivity (Wildman–Crippen MR) is 63.3 cm³/mol. The van der Waals surface area contributed by atoms with E-state index < -0.39 is 11.6 Å². The molecule has 1 heterocycles. The van der Waals surface area contributed by atoms with Gasteiger partial charge in [0.1, 0.15) is 11.6 Å². The lowest BCUT2D eigenvalue weighted by Gasteiger charge is -2.35. The third-order valence-corrected chi connectivity index (χ3v) is 2.68. The number of piperazine rings is 1. The molecule has 5 heteroatoms. The van der Waals surface area contributed by atoms with Crippen molar-refractivity contribution in [1.29, 1.82) is 0 Å². The van der Waals surface area contributed by atoms with E-state index in [-0.39, 0.29) is 18.4 Å². The molecule has 16 heavy (non-hydrogen) atoms. The Morgan fingerprint density at radius 1 is 1.25 bits per heavy atom. The summed E-state index contributed by atoms with van der Waals surface area (Å²) in [6.45, 7) is 4.51. The summed E-state index contributed by atoms with van der Waals surface area (Å²) in [5, 5.41) is 3.23. The van der Waals surface area contributed by atoms with Crippen LogP contribution in [0.4, 0.5) is 14.5 Å². The number of nitrogens with zero attached hydrogens (tertiary/aromatic N) is 1. The van der Waals surface area contributed by atoms with Crippen LogP contribution >= 0.6 is 12.4 Å². The van der Waals surface area contributed by atoms with Crippen molar-refractivity contribution in [1.82, 2.24) is 5.32 Å². The molecule has 1 fully saturated rings. The maximum absolute atomic E-state index is 13.0. The molecule has 0 bridgehead atoms. The van der Waals surface area contributed by atoms with Crippen molar-refractivity contribution in [2.24, 2.45) is 0 Å². The Morgan fingerprint density at radius 2 is 1.88 bits per heavy atom. The van der Waals surface area contributed by atoms with Gasteiger partial charge in [-0.3, -0.25) is 0 Å². The summed E-state index contributed by atoms with van der Waals surface area (Å²) in [7, 11) is 0. The van der Waals surface area contributed by atoms with E-state index in [4.69, 9.17) is 0 Å². The second-order valence-electron chi connectivity index (χ2n) is 3.87. The van der Waals surface area contributed by atoms with Crippen LogP contribution in [0.5, 0.6) is 0 Å². The number of halogens is 3. The molecule has 0 radical (unpaired) electrons. The first-order valence-electron chi connectivity index (χ1n) is 5.10. The van der Waals surface area contributed by atoms with Crippen LogP contribution in [0.25, 0.3) is 0 Å². The number of anilines is 1. The Hall–Kier alpha value is -0.870. The Bertz CT molecular complexity index is 340. The Balaban J connectivity index is 0.00000128. The highest BCUT2D eigenvalue weighted by atomic mass is 35.5. The van der Waals surface area contributed by atoms with E-state index in [1.807, 2.05) is 11.8 Å². The first-order valence-corrected chi connectivity index (χ1v) is 5.10. The summed E-state index contributed by atoms with van der Waals surface area (Å²) in [5.74, 6) is -1.04. The SMILES string of the molecule is C[C@H]1CNCCN1c1cc(F)cc(F)c1.Cl. The minimum atomic E-state index is -0.518. The standard InChI is InChI=1S/C11H14F2N2.ClH/c1-8-7-14-2-3-15(8)11-5-9(12)4-10(13)6-11;/h4-6,8,14H,2-3,7H2,1H3;1H/t8-;/m0./s1. The summed E-state index contributed by atoms with van der Waals surface area (Å²) >= 11 is 0. The zero-order valence-electron chi connectivity index (χ0n) is 9.04. The monoisotopic (exact) mass is 248 g/mol. The van der Waals surface area contributed by atoms with E-state index in [0.29, 0.717) is 5.69 Å². The molecule has 0 aromatic heterocycles. The molecule has 2 nitrogen and oxygen atoms in total. The van der Waals surface area contributed by atoms with Gasteiger partial charge in [0.15, 0.2) is 0 Å². The molecule has 0 amide bonds. The normalized spacial score (nSPS) is 20.4. The summed E-state index contributed by atoms with van der Waals surface area (Å²) in [6, 6.07) is 3.92.